The molecule has 20 heavy (non-hydrogen) atoms. The molecular weight excluding hydrogens is 268 g/mol. The molecule has 4 heteroatoms. The highest BCUT2D eigenvalue weighted by Crippen LogP contribution is 2.36. The monoisotopic (exact) mass is 288 g/mol. The molecule has 1 amide bonds. The van der Waals surface area contributed by atoms with E-state index in [9.17, 15) is 4.79 Å². The zero-order chi connectivity index (χ0) is 14.1. The minimum absolute atomic E-state index is 0.193. The summed E-state index contributed by atoms with van der Waals surface area (Å²) >= 11 is 1.73. The van der Waals surface area contributed by atoms with E-state index in [1.807, 2.05) is 23.1 Å². The van der Waals surface area contributed by atoms with Gasteiger partial charge in [0.25, 0.3) is 0 Å². The van der Waals surface area contributed by atoms with E-state index in [-0.39, 0.29) is 11.9 Å². The van der Waals surface area contributed by atoms with Crippen LogP contribution in [0.15, 0.2) is 24.3 Å². The maximum atomic E-state index is 12.4. The molecule has 1 saturated heterocycles. The summed E-state index contributed by atoms with van der Waals surface area (Å²) in [6, 6.07) is 8.40. The first-order valence-electron chi connectivity index (χ1n) is 7.30. The molecule has 1 aliphatic heterocycles. The number of likely N-dealkylation sites (tertiary alicyclic amines) is 1. The van der Waals surface area contributed by atoms with E-state index < -0.39 is 0 Å². The van der Waals surface area contributed by atoms with Crippen LogP contribution in [-0.2, 0) is 4.79 Å². The Morgan fingerprint density at radius 1 is 1.45 bits per heavy atom. The highest BCUT2D eigenvalue weighted by Gasteiger charge is 2.32. The number of thiazole rings is 1. The lowest BCUT2D eigenvalue weighted by atomic mass is 10.1. The van der Waals surface area contributed by atoms with Crippen molar-refractivity contribution in [2.75, 3.05) is 6.54 Å². The predicted octanol–water partition coefficient (Wildman–Crippen LogP) is 4.01. The van der Waals surface area contributed by atoms with Crippen LogP contribution >= 0.6 is 11.3 Å². The van der Waals surface area contributed by atoms with Gasteiger partial charge in [0.05, 0.1) is 16.3 Å². The van der Waals surface area contributed by atoms with Crippen LogP contribution in [0.25, 0.3) is 10.2 Å². The zero-order valence-corrected chi connectivity index (χ0v) is 12.8. The number of fused-ring (bicyclic) bond motifs is 1. The molecule has 0 unspecified atom stereocenters. The van der Waals surface area contributed by atoms with E-state index in [0.717, 1.165) is 29.9 Å². The molecule has 3 rings (SSSR count). The second-order valence-electron chi connectivity index (χ2n) is 5.86. The van der Waals surface area contributed by atoms with Crippen molar-refractivity contribution in [2.24, 2.45) is 5.92 Å². The van der Waals surface area contributed by atoms with Gasteiger partial charge in [-0.15, -0.1) is 11.3 Å². The average Bonchev–Trinajstić information content (AvgIpc) is 3.04. The molecule has 0 saturated carbocycles. The van der Waals surface area contributed by atoms with Crippen LogP contribution in [0.3, 0.4) is 0 Å². The Labute approximate surface area is 123 Å². The largest absolute Gasteiger partial charge is 0.333 e. The summed E-state index contributed by atoms with van der Waals surface area (Å²) in [4.78, 5) is 19.1. The molecule has 0 aliphatic carbocycles. The molecule has 2 heterocycles. The Kier molecular flexibility index (Phi) is 3.74. The fraction of sp³-hybridized carbons (Fsp3) is 0.500. The Morgan fingerprint density at radius 2 is 2.25 bits per heavy atom. The average molecular weight is 288 g/mol. The zero-order valence-electron chi connectivity index (χ0n) is 12.0. The van der Waals surface area contributed by atoms with Crippen molar-refractivity contribution in [3.63, 3.8) is 0 Å². The van der Waals surface area contributed by atoms with Crippen molar-refractivity contribution in [3.8, 4) is 0 Å². The van der Waals surface area contributed by atoms with Crippen LogP contribution in [0.5, 0.6) is 0 Å². The number of aromatic nitrogens is 1. The fourth-order valence-electron chi connectivity index (χ4n) is 2.82. The molecule has 2 aromatic rings. The van der Waals surface area contributed by atoms with Gasteiger partial charge >= 0.3 is 0 Å². The number of rotatable bonds is 3. The normalized spacial score (nSPS) is 19.1. The summed E-state index contributed by atoms with van der Waals surface area (Å²) in [7, 11) is 0. The third-order valence-corrected chi connectivity index (χ3v) is 4.89. The number of hydrogen-bond acceptors (Lipinski definition) is 3. The molecule has 1 aromatic carbocycles. The number of amides is 1. The first-order valence-corrected chi connectivity index (χ1v) is 8.11. The number of para-hydroxylation sites is 1. The van der Waals surface area contributed by atoms with Gasteiger partial charge in [-0.05, 0) is 30.9 Å². The van der Waals surface area contributed by atoms with Crippen LogP contribution in [0.4, 0.5) is 0 Å². The summed E-state index contributed by atoms with van der Waals surface area (Å²) in [5.41, 5.74) is 1.05. The summed E-state index contributed by atoms with van der Waals surface area (Å²) in [6.45, 7) is 5.08. The van der Waals surface area contributed by atoms with E-state index in [0.29, 0.717) is 12.3 Å². The second kappa shape index (κ2) is 5.52. The molecule has 1 aliphatic rings. The number of hydrogen-bond donors (Lipinski definition) is 0. The van der Waals surface area contributed by atoms with Crippen molar-refractivity contribution in [2.45, 2.75) is 39.2 Å². The Hall–Kier alpha value is -1.42. The fourth-order valence-corrected chi connectivity index (χ4v) is 3.94. The summed E-state index contributed by atoms with van der Waals surface area (Å²) in [5.74, 6) is 0.695. The SMILES string of the molecule is CC(C)CC(=O)N1CCC[C@@H]1c1nc2ccccc2s1. The van der Waals surface area contributed by atoms with Gasteiger partial charge < -0.3 is 4.90 Å². The van der Waals surface area contributed by atoms with E-state index in [1.165, 1.54) is 4.70 Å². The highest BCUT2D eigenvalue weighted by molar-refractivity contribution is 7.18. The lowest BCUT2D eigenvalue weighted by molar-refractivity contribution is -0.132. The Bertz CT molecular complexity index is 587. The number of carbonyl (C=O) groups is 1. The van der Waals surface area contributed by atoms with Crippen molar-refractivity contribution >= 4 is 27.5 Å². The predicted molar refractivity (Wildman–Crippen MR) is 82.8 cm³/mol. The molecule has 3 nitrogen and oxygen atoms in total. The Balaban J connectivity index is 1.86. The van der Waals surface area contributed by atoms with E-state index in [4.69, 9.17) is 4.98 Å². The smallest absolute Gasteiger partial charge is 0.223 e. The molecule has 1 atom stereocenters. The van der Waals surface area contributed by atoms with Crippen LogP contribution in [0.2, 0.25) is 0 Å². The molecule has 0 radical (unpaired) electrons. The van der Waals surface area contributed by atoms with Crippen molar-refractivity contribution < 1.29 is 4.79 Å². The topological polar surface area (TPSA) is 33.2 Å². The molecule has 0 bridgehead atoms. The van der Waals surface area contributed by atoms with Crippen molar-refractivity contribution in [3.05, 3.63) is 29.3 Å². The van der Waals surface area contributed by atoms with Gasteiger partial charge in [-0.25, -0.2) is 4.98 Å². The van der Waals surface area contributed by atoms with Crippen molar-refractivity contribution in [1.82, 2.24) is 9.88 Å². The number of benzene rings is 1. The standard InChI is InChI=1S/C16H20N2OS/c1-11(2)10-15(19)18-9-5-7-13(18)16-17-12-6-3-4-8-14(12)20-16/h3-4,6,8,11,13H,5,7,9-10H2,1-2H3/t13-/m1/s1. The van der Waals surface area contributed by atoms with Gasteiger partial charge in [-0.1, -0.05) is 26.0 Å². The molecule has 0 N–H and O–H groups in total. The van der Waals surface area contributed by atoms with Gasteiger partial charge in [-0.3, -0.25) is 4.79 Å². The molecule has 1 aromatic heterocycles. The van der Waals surface area contributed by atoms with E-state index in [2.05, 4.69) is 19.9 Å². The van der Waals surface area contributed by atoms with Gasteiger partial charge in [0, 0.05) is 13.0 Å². The maximum absolute atomic E-state index is 12.4. The van der Waals surface area contributed by atoms with Crippen LogP contribution in [0, 0.1) is 5.92 Å². The van der Waals surface area contributed by atoms with Gasteiger partial charge in [-0.2, -0.15) is 0 Å². The molecule has 106 valence electrons. The first-order chi connectivity index (χ1) is 9.65. The van der Waals surface area contributed by atoms with Crippen LogP contribution < -0.4 is 0 Å². The molecule has 1 fully saturated rings. The summed E-state index contributed by atoms with van der Waals surface area (Å²) < 4.78 is 1.21. The van der Waals surface area contributed by atoms with Crippen LogP contribution in [0.1, 0.15) is 44.2 Å². The maximum Gasteiger partial charge on any atom is 0.223 e. The summed E-state index contributed by atoms with van der Waals surface area (Å²) in [5, 5.41) is 1.10. The van der Waals surface area contributed by atoms with Gasteiger partial charge in [0.2, 0.25) is 5.91 Å². The van der Waals surface area contributed by atoms with Crippen LogP contribution in [-0.4, -0.2) is 22.3 Å². The third kappa shape index (κ3) is 2.57. The van der Waals surface area contributed by atoms with Crippen molar-refractivity contribution in [1.29, 1.82) is 0 Å². The first kappa shape index (κ1) is 13.6. The quantitative estimate of drug-likeness (QED) is 0.855. The van der Waals surface area contributed by atoms with Gasteiger partial charge in [0.15, 0.2) is 0 Å². The minimum atomic E-state index is 0.193. The molecular formula is C16H20N2OS. The lowest BCUT2D eigenvalue weighted by Crippen LogP contribution is -2.31. The highest BCUT2D eigenvalue weighted by atomic mass is 32.1. The molecule has 0 spiro atoms. The number of nitrogens with zero attached hydrogens (tertiary/aromatic N) is 2. The minimum Gasteiger partial charge on any atom is -0.333 e. The third-order valence-electron chi connectivity index (χ3n) is 3.75. The number of carbonyl (C=O) groups excluding carboxylic acids is 1. The second-order valence-corrected chi connectivity index (χ2v) is 6.93. The lowest BCUT2D eigenvalue weighted by Gasteiger charge is -2.23. The van der Waals surface area contributed by atoms with E-state index in [1.54, 1.807) is 11.3 Å². The summed E-state index contributed by atoms with van der Waals surface area (Å²) in [6.07, 6.45) is 2.77. The van der Waals surface area contributed by atoms with Gasteiger partial charge in [0.1, 0.15) is 5.01 Å². The van der Waals surface area contributed by atoms with E-state index >= 15 is 0 Å². The Morgan fingerprint density at radius 3 is 3.00 bits per heavy atom.